The molecule has 2 atom stereocenters. The van der Waals surface area contributed by atoms with Crippen molar-refractivity contribution in [1.82, 2.24) is 0 Å². The second-order valence-corrected chi connectivity index (χ2v) is 3.95. The number of carbonyl (C=O) groups is 1. The van der Waals surface area contributed by atoms with E-state index < -0.39 is 0 Å². The summed E-state index contributed by atoms with van der Waals surface area (Å²) in [5, 5.41) is 0. The second-order valence-electron chi connectivity index (χ2n) is 3.95. The fraction of sp³-hybridized carbons (Fsp3) is 0.500. The van der Waals surface area contributed by atoms with Crippen molar-refractivity contribution in [3.05, 3.63) is 35.9 Å². The maximum atomic E-state index is 12.0. The molecule has 0 N–H and O–H groups in total. The summed E-state index contributed by atoms with van der Waals surface area (Å²) in [4.78, 5) is 12.0. The number of ketones is 1. The highest BCUT2D eigenvalue weighted by molar-refractivity contribution is 5.96. The Hall–Kier alpha value is -1.19. The van der Waals surface area contributed by atoms with Gasteiger partial charge in [-0.2, -0.15) is 0 Å². The first kappa shape index (κ1) is 13.9. The van der Waals surface area contributed by atoms with Gasteiger partial charge in [-0.25, -0.2) is 0 Å². The van der Waals surface area contributed by atoms with Gasteiger partial charge in [-0.05, 0) is 6.42 Å². The topological polar surface area (TPSA) is 35.5 Å². The average molecular weight is 236 g/mol. The number of rotatable bonds is 7. The van der Waals surface area contributed by atoms with Crippen LogP contribution in [0.4, 0.5) is 0 Å². The van der Waals surface area contributed by atoms with Gasteiger partial charge in [-0.15, -0.1) is 0 Å². The van der Waals surface area contributed by atoms with Gasteiger partial charge >= 0.3 is 0 Å². The Morgan fingerprint density at radius 1 is 1.12 bits per heavy atom. The van der Waals surface area contributed by atoms with Gasteiger partial charge in [0, 0.05) is 26.2 Å². The lowest BCUT2D eigenvalue weighted by molar-refractivity contribution is -0.0373. The Morgan fingerprint density at radius 2 is 1.71 bits per heavy atom. The minimum atomic E-state index is -0.183. The van der Waals surface area contributed by atoms with Crippen molar-refractivity contribution in [1.29, 1.82) is 0 Å². The van der Waals surface area contributed by atoms with Crippen LogP contribution in [0.15, 0.2) is 30.3 Å². The van der Waals surface area contributed by atoms with E-state index >= 15 is 0 Å². The van der Waals surface area contributed by atoms with Crippen LogP contribution in [0.3, 0.4) is 0 Å². The zero-order valence-corrected chi connectivity index (χ0v) is 10.7. The van der Waals surface area contributed by atoms with E-state index in [0.29, 0.717) is 6.42 Å². The molecule has 0 aliphatic rings. The van der Waals surface area contributed by atoms with Crippen molar-refractivity contribution in [2.75, 3.05) is 14.2 Å². The van der Waals surface area contributed by atoms with E-state index in [4.69, 9.17) is 9.47 Å². The van der Waals surface area contributed by atoms with Crippen LogP contribution in [0.2, 0.25) is 0 Å². The molecule has 0 saturated carbocycles. The maximum absolute atomic E-state index is 12.0. The normalized spacial score (nSPS) is 14.3. The third-order valence-electron chi connectivity index (χ3n) is 2.90. The highest BCUT2D eigenvalue weighted by Gasteiger charge is 2.22. The molecule has 0 saturated heterocycles. The van der Waals surface area contributed by atoms with Crippen LogP contribution in [0.5, 0.6) is 0 Å². The smallest absolute Gasteiger partial charge is 0.165 e. The molecule has 0 aliphatic heterocycles. The monoisotopic (exact) mass is 236 g/mol. The standard InChI is InChI=1S/C14H20O3/c1-4-13(16-2)14(17-3)10-12(15)11-8-6-5-7-9-11/h5-9,13-14H,4,10H2,1-3H3. The van der Waals surface area contributed by atoms with Gasteiger partial charge in [-0.1, -0.05) is 37.3 Å². The van der Waals surface area contributed by atoms with Crippen molar-refractivity contribution >= 4 is 5.78 Å². The van der Waals surface area contributed by atoms with Crippen molar-refractivity contribution in [3.8, 4) is 0 Å². The van der Waals surface area contributed by atoms with Crippen LogP contribution < -0.4 is 0 Å². The van der Waals surface area contributed by atoms with Gasteiger partial charge in [0.1, 0.15) is 0 Å². The highest BCUT2D eigenvalue weighted by atomic mass is 16.5. The third-order valence-corrected chi connectivity index (χ3v) is 2.90. The molecule has 94 valence electrons. The van der Waals surface area contributed by atoms with Gasteiger partial charge in [0.05, 0.1) is 12.2 Å². The van der Waals surface area contributed by atoms with E-state index in [0.717, 1.165) is 12.0 Å². The summed E-state index contributed by atoms with van der Waals surface area (Å²) >= 11 is 0. The molecule has 17 heavy (non-hydrogen) atoms. The Kier molecular flexibility index (Phi) is 5.87. The Morgan fingerprint density at radius 3 is 2.18 bits per heavy atom. The van der Waals surface area contributed by atoms with Crippen molar-refractivity contribution in [3.63, 3.8) is 0 Å². The van der Waals surface area contributed by atoms with Gasteiger partial charge in [-0.3, -0.25) is 4.79 Å². The number of benzene rings is 1. The van der Waals surface area contributed by atoms with Crippen LogP contribution >= 0.6 is 0 Å². The van der Waals surface area contributed by atoms with Crippen LogP contribution in [0.1, 0.15) is 30.1 Å². The fourth-order valence-electron chi connectivity index (χ4n) is 1.87. The molecule has 0 fully saturated rings. The van der Waals surface area contributed by atoms with Crippen molar-refractivity contribution < 1.29 is 14.3 Å². The molecule has 2 unspecified atom stereocenters. The summed E-state index contributed by atoms with van der Waals surface area (Å²) < 4.78 is 10.7. The van der Waals surface area contributed by atoms with Crippen LogP contribution in [0.25, 0.3) is 0 Å². The molecule has 3 nitrogen and oxygen atoms in total. The molecule has 0 aromatic heterocycles. The lowest BCUT2D eigenvalue weighted by Crippen LogP contribution is -2.31. The summed E-state index contributed by atoms with van der Waals surface area (Å²) in [6.07, 6.45) is 0.967. The molecule has 1 rings (SSSR count). The lowest BCUT2D eigenvalue weighted by atomic mass is 10.0. The van der Waals surface area contributed by atoms with Gasteiger partial charge in [0.2, 0.25) is 0 Å². The number of carbonyl (C=O) groups excluding carboxylic acids is 1. The Balaban J connectivity index is 2.66. The Bertz CT molecular complexity index is 331. The van der Waals surface area contributed by atoms with E-state index in [2.05, 4.69) is 0 Å². The molecule has 0 aliphatic carbocycles. The zero-order chi connectivity index (χ0) is 12.7. The third kappa shape index (κ3) is 3.95. The molecule has 3 heteroatoms. The predicted octanol–water partition coefficient (Wildman–Crippen LogP) is 2.70. The fourth-order valence-corrected chi connectivity index (χ4v) is 1.87. The van der Waals surface area contributed by atoms with Crippen LogP contribution in [-0.2, 0) is 9.47 Å². The predicted molar refractivity (Wildman–Crippen MR) is 67.3 cm³/mol. The van der Waals surface area contributed by atoms with Crippen LogP contribution in [-0.4, -0.2) is 32.2 Å². The van der Waals surface area contributed by atoms with Gasteiger partial charge in [0.25, 0.3) is 0 Å². The molecule has 1 aromatic carbocycles. The quantitative estimate of drug-likeness (QED) is 0.683. The molecule has 0 amide bonds. The largest absolute Gasteiger partial charge is 0.379 e. The average Bonchev–Trinajstić information content (AvgIpc) is 2.39. The number of methoxy groups -OCH3 is 2. The summed E-state index contributed by atoms with van der Waals surface area (Å²) in [6.45, 7) is 2.02. The summed E-state index contributed by atoms with van der Waals surface area (Å²) in [7, 11) is 3.26. The Labute approximate surface area is 103 Å². The van der Waals surface area contributed by atoms with E-state index in [9.17, 15) is 4.79 Å². The minimum absolute atomic E-state index is 0.0346. The molecule has 0 heterocycles. The minimum Gasteiger partial charge on any atom is -0.379 e. The molecule has 0 spiro atoms. The second kappa shape index (κ2) is 7.20. The zero-order valence-electron chi connectivity index (χ0n) is 10.7. The molecule has 0 radical (unpaired) electrons. The van der Waals surface area contributed by atoms with Gasteiger partial charge < -0.3 is 9.47 Å². The van der Waals surface area contributed by atoms with Crippen molar-refractivity contribution in [2.45, 2.75) is 32.0 Å². The van der Waals surface area contributed by atoms with E-state index in [1.54, 1.807) is 14.2 Å². The molecular weight excluding hydrogens is 216 g/mol. The van der Waals surface area contributed by atoms with Crippen LogP contribution in [0, 0.1) is 0 Å². The first-order valence-electron chi connectivity index (χ1n) is 5.86. The molecule has 0 bridgehead atoms. The lowest BCUT2D eigenvalue weighted by Gasteiger charge is -2.23. The summed E-state index contributed by atoms with van der Waals surface area (Å²) in [5.41, 5.74) is 0.723. The number of hydrogen-bond donors (Lipinski definition) is 0. The number of ether oxygens (including phenoxy) is 2. The summed E-state index contributed by atoms with van der Waals surface area (Å²) in [6, 6.07) is 9.27. The number of Topliss-reactive ketones (excluding diaryl/α,β-unsaturated/α-hetero) is 1. The highest BCUT2D eigenvalue weighted by Crippen LogP contribution is 2.14. The maximum Gasteiger partial charge on any atom is 0.165 e. The van der Waals surface area contributed by atoms with Gasteiger partial charge in [0.15, 0.2) is 5.78 Å². The van der Waals surface area contributed by atoms with E-state index in [1.165, 1.54) is 0 Å². The molecule has 1 aromatic rings. The van der Waals surface area contributed by atoms with E-state index in [1.807, 2.05) is 37.3 Å². The first-order valence-corrected chi connectivity index (χ1v) is 5.86. The van der Waals surface area contributed by atoms with E-state index in [-0.39, 0.29) is 18.0 Å². The molecular formula is C14H20O3. The number of hydrogen-bond acceptors (Lipinski definition) is 3. The first-order chi connectivity index (χ1) is 8.22. The van der Waals surface area contributed by atoms with Crippen molar-refractivity contribution in [2.24, 2.45) is 0 Å². The summed E-state index contributed by atoms with van der Waals surface area (Å²) in [5.74, 6) is 0.0907. The SMILES string of the molecule is CCC(OC)C(CC(=O)c1ccccc1)OC.